The quantitative estimate of drug-likeness (QED) is 0.433. The van der Waals surface area contributed by atoms with E-state index in [1.807, 2.05) is 0 Å². The van der Waals surface area contributed by atoms with Crippen LogP contribution < -0.4 is 4.74 Å². The van der Waals surface area contributed by atoms with Gasteiger partial charge in [0.2, 0.25) is 12.0 Å². The summed E-state index contributed by atoms with van der Waals surface area (Å²) in [6.45, 7) is 0.378. The molecule has 1 aromatic heterocycles. The number of hydrogen-bond acceptors (Lipinski definition) is 4. The third-order valence-corrected chi connectivity index (χ3v) is 1.87. The lowest BCUT2D eigenvalue weighted by Crippen LogP contribution is -1.97. The lowest BCUT2D eigenvalue weighted by atomic mass is 10.2. The van der Waals surface area contributed by atoms with E-state index in [4.69, 9.17) is 16.3 Å². The molecule has 0 spiro atoms. The summed E-state index contributed by atoms with van der Waals surface area (Å²) in [5.74, 6) is 0.471. The molecule has 0 saturated carbocycles. The highest BCUT2D eigenvalue weighted by Gasteiger charge is 2.04. The smallest absolute Gasteiger partial charge is 0.234 e. The number of carbonyl (C=O) groups excluding carboxylic acids is 1. The van der Waals surface area contributed by atoms with Crippen molar-refractivity contribution in [2.45, 2.75) is 6.42 Å². The Kier molecular flexibility index (Phi) is 4.11. The first-order chi connectivity index (χ1) is 6.77. The van der Waals surface area contributed by atoms with Crippen molar-refractivity contribution in [3.63, 3.8) is 0 Å². The molecule has 0 aliphatic rings. The van der Waals surface area contributed by atoms with Crippen LogP contribution in [0.25, 0.3) is 0 Å². The second-order valence-corrected chi connectivity index (χ2v) is 2.91. The molecule has 0 amide bonds. The first kappa shape index (κ1) is 10.7. The summed E-state index contributed by atoms with van der Waals surface area (Å²) in [7, 11) is 1.52. The van der Waals surface area contributed by atoms with Crippen LogP contribution >= 0.6 is 11.6 Å². The van der Waals surface area contributed by atoms with E-state index in [9.17, 15) is 4.79 Å². The Morgan fingerprint density at radius 1 is 1.64 bits per heavy atom. The molecule has 0 N–H and O–H groups in total. The van der Waals surface area contributed by atoms with Crippen LogP contribution in [0.2, 0.25) is 5.15 Å². The van der Waals surface area contributed by atoms with Gasteiger partial charge in [0, 0.05) is 5.56 Å². The zero-order valence-corrected chi connectivity index (χ0v) is 8.41. The van der Waals surface area contributed by atoms with Crippen molar-refractivity contribution < 1.29 is 9.53 Å². The summed E-state index contributed by atoms with van der Waals surface area (Å²) in [6.07, 6.45) is 2.06. The Morgan fingerprint density at radius 2 is 2.43 bits per heavy atom. The van der Waals surface area contributed by atoms with Crippen LogP contribution in [0.15, 0.2) is 17.1 Å². The van der Waals surface area contributed by atoms with Gasteiger partial charge >= 0.3 is 0 Å². The SMILES string of the molecule is COc1nc(Cl)ccc1CCN=C=O. The predicted molar refractivity (Wildman–Crippen MR) is 52.5 cm³/mol. The lowest BCUT2D eigenvalue weighted by molar-refractivity contribution is 0.392. The number of hydrogen-bond donors (Lipinski definition) is 0. The van der Waals surface area contributed by atoms with Gasteiger partial charge in [0.25, 0.3) is 0 Å². The van der Waals surface area contributed by atoms with E-state index in [1.54, 1.807) is 12.1 Å². The van der Waals surface area contributed by atoms with E-state index in [0.717, 1.165) is 5.56 Å². The predicted octanol–water partition coefficient (Wildman–Crippen LogP) is 1.62. The number of nitrogens with zero attached hydrogens (tertiary/aromatic N) is 2. The molecular weight excluding hydrogens is 204 g/mol. The van der Waals surface area contributed by atoms with Gasteiger partial charge in [-0.1, -0.05) is 17.7 Å². The molecule has 1 aromatic rings. The molecule has 0 saturated heterocycles. The standard InChI is InChI=1S/C9H9ClN2O2/c1-14-9-7(4-5-11-6-13)2-3-8(10)12-9/h2-3H,4-5H2,1H3. The first-order valence-corrected chi connectivity index (χ1v) is 4.38. The van der Waals surface area contributed by atoms with Crippen molar-refractivity contribution in [2.75, 3.05) is 13.7 Å². The number of halogens is 1. The molecule has 4 nitrogen and oxygen atoms in total. The number of ether oxygens (including phenoxy) is 1. The van der Waals surface area contributed by atoms with Gasteiger partial charge in [-0.3, -0.25) is 0 Å². The largest absolute Gasteiger partial charge is 0.481 e. The Labute approximate surface area is 86.6 Å². The minimum absolute atomic E-state index is 0.378. The maximum atomic E-state index is 9.84. The van der Waals surface area contributed by atoms with Gasteiger partial charge in [-0.05, 0) is 12.5 Å². The average molecular weight is 213 g/mol. The minimum atomic E-state index is 0.378. The topological polar surface area (TPSA) is 51.6 Å². The molecule has 0 aliphatic heterocycles. The Hall–Kier alpha value is -1.38. The van der Waals surface area contributed by atoms with E-state index < -0.39 is 0 Å². The number of aromatic nitrogens is 1. The van der Waals surface area contributed by atoms with Gasteiger partial charge in [0.15, 0.2) is 0 Å². The van der Waals surface area contributed by atoms with Gasteiger partial charge in [-0.15, -0.1) is 0 Å². The normalized spacial score (nSPS) is 9.29. The first-order valence-electron chi connectivity index (χ1n) is 4.01. The van der Waals surface area contributed by atoms with Crippen LogP contribution in [-0.2, 0) is 11.2 Å². The molecular formula is C9H9ClN2O2. The Morgan fingerprint density at radius 3 is 3.07 bits per heavy atom. The lowest BCUT2D eigenvalue weighted by Gasteiger charge is -2.05. The molecule has 1 heterocycles. The fourth-order valence-corrected chi connectivity index (χ4v) is 1.18. The monoisotopic (exact) mass is 212 g/mol. The second kappa shape index (κ2) is 5.37. The molecule has 74 valence electrons. The van der Waals surface area contributed by atoms with Crippen molar-refractivity contribution in [2.24, 2.45) is 4.99 Å². The van der Waals surface area contributed by atoms with Gasteiger partial charge in [-0.2, -0.15) is 0 Å². The maximum Gasteiger partial charge on any atom is 0.234 e. The summed E-state index contributed by atoms with van der Waals surface area (Å²) in [4.78, 5) is 17.3. The van der Waals surface area contributed by atoms with Crippen LogP contribution in [0.1, 0.15) is 5.56 Å². The van der Waals surface area contributed by atoms with Crippen molar-refractivity contribution in [1.82, 2.24) is 4.98 Å². The number of aliphatic imine (C=N–C) groups is 1. The van der Waals surface area contributed by atoms with Gasteiger partial charge < -0.3 is 4.74 Å². The number of methoxy groups -OCH3 is 1. The van der Waals surface area contributed by atoms with E-state index in [2.05, 4.69) is 9.98 Å². The van der Waals surface area contributed by atoms with Crippen molar-refractivity contribution >= 4 is 17.7 Å². The average Bonchev–Trinajstić information content (AvgIpc) is 2.20. The highest BCUT2D eigenvalue weighted by molar-refractivity contribution is 6.29. The molecule has 0 aliphatic carbocycles. The number of pyridine rings is 1. The van der Waals surface area contributed by atoms with Crippen molar-refractivity contribution in [1.29, 1.82) is 0 Å². The van der Waals surface area contributed by atoms with Gasteiger partial charge in [0.05, 0.1) is 13.7 Å². The van der Waals surface area contributed by atoms with E-state index >= 15 is 0 Å². The minimum Gasteiger partial charge on any atom is -0.481 e. The fraction of sp³-hybridized carbons (Fsp3) is 0.333. The molecule has 0 aromatic carbocycles. The Bertz CT molecular complexity index is 362. The number of rotatable bonds is 4. The van der Waals surface area contributed by atoms with E-state index in [0.29, 0.717) is 24.0 Å². The molecule has 0 unspecified atom stereocenters. The molecule has 5 heteroatoms. The summed E-state index contributed by atoms with van der Waals surface area (Å²) in [6, 6.07) is 3.47. The van der Waals surface area contributed by atoms with E-state index in [1.165, 1.54) is 13.2 Å². The summed E-state index contributed by atoms with van der Waals surface area (Å²) in [5.41, 5.74) is 0.871. The molecule has 0 fully saturated rings. The van der Waals surface area contributed by atoms with Gasteiger partial charge in [-0.25, -0.2) is 14.8 Å². The zero-order valence-electron chi connectivity index (χ0n) is 7.66. The third-order valence-electron chi connectivity index (χ3n) is 1.66. The summed E-state index contributed by atoms with van der Waals surface area (Å²) < 4.78 is 5.02. The van der Waals surface area contributed by atoms with E-state index in [-0.39, 0.29) is 0 Å². The van der Waals surface area contributed by atoms with Crippen LogP contribution in [0, 0.1) is 0 Å². The second-order valence-electron chi connectivity index (χ2n) is 2.53. The fourth-order valence-electron chi connectivity index (χ4n) is 1.04. The highest BCUT2D eigenvalue weighted by Crippen LogP contribution is 2.18. The molecule has 1 rings (SSSR count). The number of isocyanates is 1. The molecule has 0 bridgehead atoms. The third kappa shape index (κ3) is 2.83. The molecule has 14 heavy (non-hydrogen) atoms. The van der Waals surface area contributed by atoms with Crippen LogP contribution in [0.5, 0.6) is 5.88 Å². The van der Waals surface area contributed by atoms with Crippen LogP contribution in [0.3, 0.4) is 0 Å². The van der Waals surface area contributed by atoms with Crippen LogP contribution in [-0.4, -0.2) is 24.7 Å². The summed E-state index contributed by atoms with van der Waals surface area (Å²) >= 11 is 5.68. The summed E-state index contributed by atoms with van der Waals surface area (Å²) in [5, 5.41) is 0.379. The Balaban J connectivity index is 2.79. The van der Waals surface area contributed by atoms with Crippen molar-refractivity contribution in [3.8, 4) is 5.88 Å². The van der Waals surface area contributed by atoms with Crippen LogP contribution in [0.4, 0.5) is 0 Å². The van der Waals surface area contributed by atoms with Gasteiger partial charge in [0.1, 0.15) is 5.15 Å². The molecule has 0 radical (unpaired) electrons. The maximum absolute atomic E-state index is 9.84. The highest BCUT2D eigenvalue weighted by atomic mass is 35.5. The van der Waals surface area contributed by atoms with Crippen molar-refractivity contribution in [3.05, 3.63) is 22.8 Å². The zero-order chi connectivity index (χ0) is 10.4. The molecule has 0 atom stereocenters.